The molecule has 5 heteroatoms. The third-order valence-corrected chi connectivity index (χ3v) is 4.82. The summed E-state index contributed by atoms with van der Waals surface area (Å²) in [6, 6.07) is 13.8. The number of nitrogens with zero attached hydrogens (tertiary/aromatic N) is 2. The molecule has 1 aliphatic rings. The maximum Gasteiger partial charge on any atom is 0.410 e. The second-order valence-corrected chi connectivity index (χ2v) is 7.46. The van der Waals surface area contributed by atoms with Gasteiger partial charge in [-0.2, -0.15) is 0 Å². The van der Waals surface area contributed by atoms with E-state index in [1.54, 1.807) is 6.20 Å². The average Bonchev–Trinajstić information content (AvgIpc) is 2.71. The second-order valence-electron chi connectivity index (χ2n) is 7.46. The van der Waals surface area contributed by atoms with Gasteiger partial charge < -0.3 is 15.0 Å². The largest absolute Gasteiger partial charge is 0.445 e. The number of amides is 1. The van der Waals surface area contributed by atoms with Crippen molar-refractivity contribution < 1.29 is 9.53 Å². The van der Waals surface area contributed by atoms with Gasteiger partial charge in [-0.15, -0.1) is 0 Å². The Kier molecular flexibility index (Phi) is 6.69. The summed E-state index contributed by atoms with van der Waals surface area (Å²) in [4.78, 5) is 19.2. The predicted molar refractivity (Wildman–Crippen MR) is 107 cm³/mol. The molecule has 1 aromatic carbocycles. The number of anilines is 1. The van der Waals surface area contributed by atoms with Crippen molar-refractivity contribution in [3.8, 4) is 0 Å². The van der Waals surface area contributed by atoms with Crippen LogP contribution in [0.4, 0.5) is 10.6 Å². The minimum Gasteiger partial charge on any atom is -0.445 e. The van der Waals surface area contributed by atoms with Crippen molar-refractivity contribution in [3.63, 3.8) is 0 Å². The highest BCUT2D eigenvalue weighted by Crippen LogP contribution is 2.34. The summed E-state index contributed by atoms with van der Waals surface area (Å²) < 4.78 is 5.60. The van der Waals surface area contributed by atoms with Crippen molar-refractivity contribution in [1.29, 1.82) is 0 Å². The van der Waals surface area contributed by atoms with Crippen molar-refractivity contribution in [3.05, 3.63) is 59.8 Å². The Bertz CT molecular complexity index is 733. The van der Waals surface area contributed by atoms with E-state index in [0.717, 1.165) is 49.3 Å². The molecule has 0 saturated carbocycles. The first-order valence-corrected chi connectivity index (χ1v) is 9.81. The van der Waals surface area contributed by atoms with Gasteiger partial charge in [-0.1, -0.05) is 50.2 Å². The first-order valence-electron chi connectivity index (χ1n) is 9.81. The molecule has 2 aromatic rings. The Morgan fingerprint density at radius 3 is 2.81 bits per heavy atom. The third-order valence-electron chi connectivity index (χ3n) is 4.82. The fourth-order valence-corrected chi connectivity index (χ4v) is 3.41. The molecule has 1 aromatic heterocycles. The van der Waals surface area contributed by atoms with E-state index >= 15 is 0 Å². The van der Waals surface area contributed by atoms with Gasteiger partial charge in [0.05, 0.1) is 6.04 Å². The first-order chi connectivity index (χ1) is 13.1. The van der Waals surface area contributed by atoms with Crippen LogP contribution in [-0.2, 0) is 11.3 Å². The molecule has 0 radical (unpaired) electrons. The maximum absolute atomic E-state index is 12.8. The van der Waals surface area contributed by atoms with E-state index in [0.29, 0.717) is 12.5 Å². The van der Waals surface area contributed by atoms with Crippen LogP contribution in [0.2, 0.25) is 0 Å². The molecular formula is C22H29N3O2. The van der Waals surface area contributed by atoms with Gasteiger partial charge in [-0.3, -0.25) is 0 Å². The minimum atomic E-state index is -0.248. The Labute approximate surface area is 161 Å². The van der Waals surface area contributed by atoms with Gasteiger partial charge in [0.15, 0.2) is 0 Å². The third kappa shape index (κ3) is 5.22. The maximum atomic E-state index is 12.8. The molecule has 1 N–H and O–H groups in total. The summed E-state index contributed by atoms with van der Waals surface area (Å²) in [5.74, 6) is 1.40. The summed E-state index contributed by atoms with van der Waals surface area (Å²) in [7, 11) is 0. The van der Waals surface area contributed by atoms with Crippen LogP contribution in [0.3, 0.4) is 0 Å². The van der Waals surface area contributed by atoms with E-state index in [1.807, 2.05) is 41.3 Å². The van der Waals surface area contributed by atoms with E-state index < -0.39 is 0 Å². The summed E-state index contributed by atoms with van der Waals surface area (Å²) >= 11 is 0. The number of carbonyl (C=O) groups excluding carboxylic acids is 1. The van der Waals surface area contributed by atoms with E-state index in [9.17, 15) is 4.79 Å². The zero-order chi connectivity index (χ0) is 19.1. The topological polar surface area (TPSA) is 54.5 Å². The lowest BCUT2D eigenvalue weighted by Crippen LogP contribution is -2.39. The number of piperidine rings is 1. The van der Waals surface area contributed by atoms with Crippen LogP contribution in [0.15, 0.2) is 48.7 Å². The van der Waals surface area contributed by atoms with Crippen molar-refractivity contribution in [1.82, 2.24) is 9.88 Å². The molecule has 1 aliphatic heterocycles. The van der Waals surface area contributed by atoms with Gasteiger partial charge in [0.2, 0.25) is 0 Å². The van der Waals surface area contributed by atoms with Gasteiger partial charge >= 0.3 is 6.09 Å². The number of likely N-dealkylation sites (tertiary alicyclic amines) is 1. The smallest absolute Gasteiger partial charge is 0.410 e. The highest BCUT2D eigenvalue weighted by Gasteiger charge is 2.31. The standard InChI is InChI=1S/C22H29N3O2/c1-17(2)15-24-21-19(11-8-13-23-21)20-12-6-7-14-25(20)22(26)27-16-18-9-4-3-5-10-18/h3-5,8-11,13,17,20H,6-7,12,14-16H2,1-2H3,(H,23,24). The number of benzene rings is 1. The molecule has 27 heavy (non-hydrogen) atoms. The van der Waals surface area contributed by atoms with Crippen LogP contribution in [0.1, 0.15) is 50.3 Å². The zero-order valence-electron chi connectivity index (χ0n) is 16.2. The van der Waals surface area contributed by atoms with Crippen molar-refractivity contribution in [2.75, 3.05) is 18.4 Å². The molecule has 2 heterocycles. The Hall–Kier alpha value is -2.56. The number of nitrogens with one attached hydrogen (secondary N) is 1. The summed E-state index contributed by atoms with van der Waals surface area (Å²) in [5, 5.41) is 3.44. The van der Waals surface area contributed by atoms with Gasteiger partial charge in [0.25, 0.3) is 0 Å². The minimum absolute atomic E-state index is 0.00499. The fourth-order valence-electron chi connectivity index (χ4n) is 3.41. The molecule has 1 saturated heterocycles. The SMILES string of the molecule is CC(C)CNc1ncccc1C1CCCCN1C(=O)OCc1ccccc1. The molecule has 144 valence electrons. The highest BCUT2D eigenvalue weighted by atomic mass is 16.6. The number of rotatable bonds is 6. The van der Waals surface area contributed by atoms with Gasteiger partial charge in [0.1, 0.15) is 12.4 Å². The molecule has 0 bridgehead atoms. The molecule has 3 rings (SSSR count). The summed E-state index contributed by atoms with van der Waals surface area (Å²) in [6.45, 7) is 6.22. The van der Waals surface area contributed by atoms with Crippen LogP contribution < -0.4 is 5.32 Å². The lowest BCUT2D eigenvalue weighted by Gasteiger charge is -2.36. The van der Waals surface area contributed by atoms with E-state index in [-0.39, 0.29) is 12.1 Å². The molecular weight excluding hydrogens is 338 g/mol. The second kappa shape index (κ2) is 9.40. The van der Waals surface area contributed by atoms with Crippen molar-refractivity contribution in [2.45, 2.75) is 45.8 Å². The molecule has 1 unspecified atom stereocenters. The van der Waals surface area contributed by atoms with Crippen molar-refractivity contribution in [2.24, 2.45) is 5.92 Å². The first kappa shape index (κ1) is 19.2. The average molecular weight is 367 g/mol. The normalized spacial score (nSPS) is 17.0. The van der Waals surface area contributed by atoms with Crippen molar-refractivity contribution >= 4 is 11.9 Å². The Morgan fingerprint density at radius 1 is 1.22 bits per heavy atom. The van der Waals surface area contributed by atoms with E-state index in [1.165, 1.54) is 0 Å². The number of ether oxygens (including phenoxy) is 1. The van der Waals surface area contributed by atoms with Gasteiger partial charge in [-0.25, -0.2) is 9.78 Å². The number of hydrogen-bond donors (Lipinski definition) is 1. The Balaban J connectivity index is 1.72. The highest BCUT2D eigenvalue weighted by molar-refractivity contribution is 5.69. The zero-order valence-corrected chi connectivity index (χ0v) is 16.2. The quantitative estimate of drug-likeness (QED) is 0.779. The monoisotopic (exact) mass is 367 g/mol. The number of pyridine rings is 1. The number of carbonyl (C=O) groups is 1. The number of hydrogen-bond acceptors (Lipinski definition) is 4. The lowest BCUT2D eigenvalue weighted by molar-refractivity contribution is 0.0680. The van der Waals surface area contributed by atoms with E-state index in [2.05, 4.69) is 30.2 Å². The Morgan fingerprint density at radius 2 is 2.04 bits per heavy atom. The number of aromatic nitrogens is 1. The van der Waals surface area contributed by atoms with Crippen LogP contribution in [0.5, 0.6) is 0 Å². The van der Waals surface area contributed by atoms with Crippen LogP contribution >= 0.6 is 0 Å². The molecule has 5 nitrogen and oxygen atoms in total. The van der Waals surface area contributed by atoms with Crippen LogP contribution in [0, 0.1) is 5.92 Å². The van der Waals surface area contributed by atoms with Gasteiger partial charge in [-0.05, 0) is 36.8 Å². The predicted octanol–water partition coefficient (Wildman–Crippen LogP) is 5.01. The van der Waals surface area contributed by atoms with Crippen LogP contribution in [-0.4, -0.2) is 29.1 Å². The molecule has 0 spiro atoms. The molecule has 0 aliphatic carbocycles. The van der Waals surface area contributed by atoms with E-state index in [4.69, 9.17) is 4.74 Å². The summed E-state index contributed by atoms with van der Waals surface area (Å²) in [6.07, 6.45) is 4.59. The molecule has 1 fully saturated rings. The van der Waals surface area contributed by atoms with Crippen LogP contribution in [0.25, 0.3) is 0 Å². The van der Waals surface area contributed by atoms with Gasteiger partial charge in [0, 0.05) is 24.8 Å². The molecule has 1 amide bonds. The lowest BCUT2D eigenvalue weighted by atomic mass is 9.96. The summed E-state index contributed by atoms with van der Waals surface area (Å²) in [5.41, 5.74) is 2.08. The fraction of sp³-hybridized carbons (Fsp3) is 0.455. The molecule has 1 atom stereocenters.